The molecule has 0 radical (unpaired) electrons. The molecule has 1 aromatic heterocycles. The minimum absolute atomic E-state index is 0.101. The van der Waals surface area contributed by atoms with Crippen molar-refractivity contribution >= 4 is 5.91 Å². The summed E-state index contributed by atoms with van der Waals surface area (Å²) < 4.78 is 10.7. The van der Waals surface area contributed by atoms with Crippen molar-refractivity contribution in [1.29, 1.82) is 0 Å². The summed E-state index contributed by atoms with van der Waals surface area (Å²) in [5, 5.41) is 3.91. The molecule has 1 fully saturated rings. The zero-order valence-corrected chi connectivity index (χ0v) is 10.6. The van der Waals surface area contributed by atoms with Gasteiger partial charge in [0, 0.05) is 12.5 Å². The van der Waals surface area contributed by atoms with Crippen LogP contribution < -0.4 is 0 Å². The predicted molar refractivity (Wildman–Crippen MR) is 63.9 cm³/mol. The smallest absolute Gasteiger partial charge is 0.246 e. The minimum Gasteiger partial charge on any atom is -0.366 e. The molecule has 0 unspecified atom stereocenters. The van der Waals surface area contributed by atoms with Gasteiger partial charge in [-0.25, -0.2) is 0 Å². The normalized spacial score (nSPS) is 20.2. The molecule has 1 saturated heterocycles. The number of hydrogen-bond donors (Lipinski definition) is 0. The summed E-state index contributed by atoms with van der Waals surface area (Å²) in [4.78, 5) is 17.5. The molecule has 18 heavy (non-hydrogen) atoms. The van der Waals surface area contributed by atoms with Gasteiger partial charge in [0.05, 0.1) is 13.2 Å². The van der Waals surface area contributed by atoms with Crippen LogP contribution in [0.3, 0.4) is 0 Å². The highest BCUT2D eigenvalue weighted by atomic mass is 16.5. The zero-order chi connectivity index (χ0) is 13.1. The van der Waals surface area contributed by atoms with Crippen molar-refractivity contribution in [2.45, 2.75) is 25.9 Å². The molecule has 0 saturated carbocycles. The Morgan fingerprint density at radius 1 is 1.61 bits per heavy atom. The van der Waals surface area contributed by atoms with Crippen molar-refractivity contribution in [2.24, 2.45) is 0 Å². The minimum atomic E-state index is -0.320. The topological polar surface area (TPSA) is 68.5 Å². The average Bonchev–Trinajstić information content (AvgIpc) is 2.88. The molecule has 1 aliphatic rings. The Morgan fingerprint density at radius 2 is 2.39 bits per heavy atom. The number of ether oxygens (including phenoxy) is 1. The van der Waals surface area contributed by atoms with Gasteiger partial charge in [-0.1, -0.05) is 25.6 Å². The third-order valence-electron chi connectivity index (χ3n) is 2.79. The first-order valence-electron chi connectivity index (χ1n) is 5.98. The third kappa shape index (κ3) is 2.59. The zero-order valence-electron chi connectivity index (χ0n) is 10.6. The summed E-state index contributed by atoms with van der Waals surface area (Å²) in [6, 6.07) is 0. The van der Waals surface area contributed by atoms with Crippen LogP contribution in [0.5, 0.6) is 0 Å². The molecule has 0 aromatic carbocycles. The Morgan fingerprint density at radius 3 is 3.00 bits per heavy atom. The van der Waals surface area contributed by atoms with E-state index in [9.17, 15) is 4.79 Å². The number of carbonyl (C=O) groups excluding carboxylic acids is 1. The van der Waals surface area contributed by atoms with Crippen molar-refractivity contribution in [3.63, 3.8) is 0 Å². The van der Waals surface area contributed by atoms with Crippen LogP contribution in [0.15, 0.2) is 17.2 Å². The van der Waals surface area contributed by atoms with Gasteiger partial charge in [0.25, 0.3) is 0 Å². The van der Waals surface area contributed by atoms with Crippen LogP contribution in [-0.4, -0.2) is 40.6 Å². The second kappa shape index (κ2) is 5.30. The quantitative estimate of drug-likeness (QED) is 0.757. The van der Waals surface area contributed by atoms with Gasteiger partial charge >= 0.3 is 0 Å². The molecule has 0 N–H and O–H groups in total. The van der Waals surface area contributed by atoms with E-state index in [0.29, 0.717) is 31.4 Å². The summed E-state index contributed by atoms with van der Waals surface area (Å²) in [5.41, 5.74) is 0. The summed E-state index contributed by atoms with van der Waals surface area (Å²) in [7, 11) is 0. The fourth-order valence-corrected chi connectivity index (χ4v) is 1.75. The number of aromatic nitrogens is 2. The van der Waals surface area contributed by atoms with Crippen molar-refractivity contribution in [2.75, 3.05) is 19.7 Å². The largest absolute Gasteiger partial charge is 0.366 e. The summed E-state index contributed by atoms with van der Waals surface area (Å²) >= 11 is 0. The highest BCUT2D eigenvalue weighted by Crippen LogP contribution is 2.21. The third-order valence-corrected chi connectivity index (χ3v) is 2.79. The van der Waals surface area contributed by atoms with E-state index in [-0.39, 0.29) is 17.9 Å². The van der Waals surface area contributed by atoms with Gasteiger partial charge in [-0.05, 0) is 6.08 Å². The second-order valence-electron chi connectivity index (χ2n) is 4.49. The van der Waals surface area contributed by atoms with Gasteiger partial charge in [-0.2, -0.15) is 4.98 Å². The Bertz CT molecular complexity index is 442. The number of carbonyl (C=O) groups is 1. The molecule has 1 aliphatic heterocycles. The Labute approximate surface area is 106 Å². The van der Waals surface area contributed by atoms with Gasteiger partial charge in [0.15, 0.2) is 0 Å². The fraction of sp³-hybridized carbons (Fsp3) is 0.583. The van der Waals surface area contributed by atoms with Crippen LogP contribution in [0, 0.1) is 0 Å². The molecule has 0 bridgehead atoms. The Hall–Kier alpha value is -1.69. The molecule has 0 spiro atoms. The van der Waals surface area contributed by atoms with Crippen molar-refractivity contribution in [1.82, 2.24) is 15.0 Å². The molecule has 0 aliphatic carbocycles. The molecular formula is C12H17N3O3. The molecule has 1 amide bonds. The van der Waals surface area contributed by atoms with Gasteiger partial charge in [-0.15, -0.1) is 0 Å². The number of nitrogens with zero attached hydrogens (tertiary/aromatic N) is 3. The molecule has 1 atom stereocenters. The maximum atomic E-state index is 11.5. The molecule has 6 heteroatoms. The maximum Gasteiger partial charge on any atom is 0.246 e. The summed E-state index contributed by atoms with van der Waals surface area (Å²) in [5.74, 6) is 1.16. The van der Waals surface area contributed by atoms with Crippen LogP contribution >= 0.6 is 0 Å². The maximum absolute atomic E-state index is 11.5. The highest BCUT2D eigenvalue weighted by Gasteiger charge is 2.28. The monoisotopic (exact) mass is 251 g/mol. The first-order chi connectivity index (χ1) is 8.61. The summed E-state index contributed by atoms with van der Waals surface area (Å²) in [6.45, 7) is 8.90. The average molecular weight is 251 g/mol. The second-order valence-corrected chi connectivity index (χ2v) is 4.49. The Kier molecular flexibility index (Phi) is 3.76. The standard InChI is InChI=1S/C12H17N3O3/c1-4-10(16)15-5-6-17-9(7-15)11-13-12(8(2)3)18-14-11/h4,8-9H,1,5-7H2,2-3H3/t9-/m1/s1. The van der Waals surface area contributed by atoms with Crippen LogP contribution in [-0.2, 0) is 9.53 Å². The Balaban J connectivity index is 2.08. The van der Waals surface area contributed by atoms with Crippen LogP contribution in [0.1, 0.15) is 37.6 Å². The number of hydrogen-bond acceptors (Lipinski definition) is 5. The SMILES string of the molecule is C=CC(=O)N1CCO[C@@H](c2noc(C(C)C)n2)C1. The molecular weight excluding hydrogens is 234 g/mol. The molecule has 98 valence electrons. The van der Waals surface area contributed by atoms with Gasteiger partial charge in [0.1, 0.15) is 6.10 Å². The molecule has 2 heterocycles. The number of morpholine rings is 1. The van der Waals surface area contributed by atoms with Crippen molar-refractivity contribution in [3.05, 3.63) is 24.4 Å². The first-order valence-corrected chi connectivity index (χ1v) is 5.98. The van der Waals surface area contributed by atoms with Crippen LogP contribution in [0.25, 0.3) is 0 Å². The molecule has 2 rings (SSSR count). The van der Waals surface area contributed by atoms with Crippen LogP contribution in [0.2, 0.25) is 0 Å². The summed E-state index contributed by atoms with van der Waals surface area (Å²) in [6.07, 6.45) is 0.983. The van der Waals surface area contributed by atoms with E-state index in [1.54, 1.807) is 4.90 Å². The van der Waals surface area contributed by atoms with E-state index in [2.05, 4.69) is 16.7 Å². The molecule has 6 nitrogen and oxygen atoms in total. The number of amides is 1. The lowest BCUT2D eigenvalue weighted by Crippen LogP contribution is -2.41. The van der Waals surface area contributed by atoms with E-state index >= 15 is 0 Å². The fourth-order valence-electron chi connectivity index (χ4n) is 1.75. The van der Waals surface area contributed by atoms with Gasteiger partial charge in [0.2, 0.25) is 17.6 Å². The van der Waals surface area contributed by atoms with Gasteiger partial charge < -0.3 is 14.2 Å². The lowest BCUT2D eigenvalue weighted by atomic mass is 10.2. The van der Waals surface area contributed by atoms with Crippen molar-refractivity contribution in [3.8, 4) is 0 Å². The molecule has 1 aromatic rings. The van der Waals surface area contributed by atoms with Crippen LogP contribution in [0.4, 0.5) is 0 Å². The van der Waals surface area contributed by atoms with Crippen molar-refractivity contribution < 1.29 is 14.1 Å². The lowest BCUT2D eigenvalue weighted by molar-refractivity contribution is -0.134. The highest BCUT2D eigenvalue weighted by molar-refractivity contribution is 5.87. The first kappa shape index (κ1) is 12.8. The van der Waals surface area contributed by atoms with E-state index < -0.39 is 0 Å². The van der Waals surface area contributed by atoms with E-state index in [1.807, 2.05) is 13.8 Å². The van der Waals surface area contributed by atoms with E-state index in [4.69, 9.17) is 9.26 Å². The number of rotatable bonds is 3. The van der Waals surface area contributed by atoms with E-state index in [0.717, 1.165) is 0 Å². The predicted octanol–water partition coefficient (Wildman–Crippen LogP) is 1.28. The van der Waals surface area contributed by atoms with Gasteiger partial charge in [-0.3, -0.25) is 4.79 Å². The van der Waals surface area contributed by atoms with E-state index in [1.165, 1.54) is 6.08 Å². The lowest BCUT2D eigenvalue weighted by Gasteiger charge is -2.30.